The Balaban J connectivity index is 1.68. The minimum atomic E-state index is -0.0539. The first-order chi connectivity index (χ1) is 11.8. The monoisotopic (exact) mass is 341 g/mol. The molecule has 0 radical (unpaired) electrons. The molecule has 4 heteroatoms. The van der Waals surface area contributed by atoms with Gasteiger partial charge in [0.05, 0.1) is 27.4 Å². The summed E-state index contributed by atoms with van der Waals surface area (Å²) in [7, 11) is 0. The molecular weight excluding hydrogens is 318 g/mol. The van der Waals surface area contributed by atoms with E-state index in [-0.39, 0.29) is 5.43 Å². The maximum Gasteiger partial charge on any atom is 0.221 e. The molecule has 3 rings (SSSR count). The summed E-state index contributed by atoms with van der Waals surface area (Å²) in [5.41, 5.74) is 1.73. The van der Waals surface area contributed by atoms with Crippen molar-refractivity contribution in [3.05, 3.63) is 46.6 Å². The van der Waals surface area contributed by atoms with Crippen LogP contribution < -0.4 is 10.2 Å². The van der Waals surface area contributed by atoms with E-state index >= 15 is 0 Å². The number of unbranched alkanes of at least 4 members (excludes halogenated alkanes) is 5. The first-order valence-electron chi connectivity index (χ1n) is 8.74. The third kappa shape index (κ3) is 4.12. The zero-order valence-corrected chi connectivity index (χ0v) is 14.9. The number of ether oxygens (including phenoxy) is 1. The average Bonchev–Trinajstić information content (AvgIpc) is 2.59. The van der Waals surface area contributed by atoms with E-state index in [4.69, 9.17) is 4.74 Å². The van der Waals surface area contributed by atoms with Crippen molar-refractivity contribution in [1.82, 2.24) is 4.98 Å². The largest absolute Gasteiger partial charge is 0.489 e. The normalized spacial score (nSPS) is 11.2. The minimum Gasteiger partial charge on any atom is -0.489 e. The van der Waals surface area contributed by atoms with Gasteiger partial charge in [0.25, 0.3) is 0 Å². The molecule has 0 atom stereocenters. The summed E-state index contributed by atoms with van der Waals surface area (Å²) in [6, 6.07) is 11.4. The summed E-state index contributed by atoms with van der Waals surface area (Å²) in [6.45, 7) is 2.82. The molecule has 0 spiro atoms. The third-order valence-electron chi connectivity index (χ3n) is 4.11. The molecule has 1 aliphatic heterocycles. The number of nitrogens with zero attached hydrogens (tertiary/aromatic N) is 1. The lowest BCUT2D eigenvalue weighted by Gasteiger charge is -2.09. The fraction of sp³-hybridized carbons (Fsp3) is 0.400. The van der Waals surface area contributed by atoms with E-state index in [1.165, 1.54) is 25.7 Å². The molecular formula is C20H23NO2S. The number of hydrogen-bond acceptors (Lipinski definition) is 4. The van der Waals surface area contributed by atoms with E-state index < -0.39 is 0 Å². The number of hydrogen-bond donors (Lipinski definition) is 0. The van der Waals surface area contributed by atoms with Crippen LogP contribution in [0.1, 0.15) is 45.4 Å². The Kier molecular flexibility index (Phi) is 5.81. The van der Waals surface area contributed by atoms with Gasteiger partial charge in [-0.2, -0.15) is 0 Å². The molecule has 2 aliphatic rings. The minimum absolute atomic E-state index is 0.0539. The lowest BCUT2D eigenvalue weighted by Crippen LogP contribution is -2.09. The molecule has 0 bridgehead atoms. The summed E-state index contributed by atoms with van der Waals surface area (Å²) in [6.07, 6.45) is 7.25. The fourth-order valence-electron chi connectivity index (χ4n) is 2.76. The molecule has 0 amide bonds. The van der Waals surface area contributed by atoms with Crippen LogP contribution in [0.15, 0.2) is 41.2 Å². The molecule has 1 aromatic rings. The second-order valence-electron chi connectivity index (χ2n) is 6.06. The van der Waals surface area contributed by atoms with Crippen molar-refractivity contribution in [3.8, 4) is 16.3 Å². The van der Waals surface area contributed by atoms with E-state index in [1.54, 1.807) is 23.5 Å². The number of para-hydroxylation sites is 1. The predicted octanol–water partition coefficient (Wildman–Crippen LogP) is 5.50. The van der Waals surface area contributed by atoms with Crippen molar-refractivity contribution < 1.29 is 4.74 Å². The second kappa shape index (κ2) is 8.25. The highest BCUT2D eigenvalue weighted by molar-refractivity contribution is 7.21. The van der Waals surface area contributed by atoms with E-state index in [0.717, 1.165) is 33.6 Å². The Hall–Kier alpha value is -1.94. The maximum absolute atomic E-state index is 12.2. The van der Waals surface area contributed by atoms with Crippen molar-refractivity contribution >= 4 is 21.6 Å². The zero-order chi connectivity index (χ0) is 16.8. The molecule has 3 nitrogen and oxygen atoms in total. The van der Waals surface area contributed by atoms with Crippen LogP contribution in [0.4, 0.5) is 0 Å². The molecule has 0 aromatic heterocycles. The molecule has 0 N–H and O–H groups in total. The van der Waals surface area contributed by atoms with Crippen LogP contribution in [-0.4, -0.2) is 11.6 Å². The number of benzene rings is 2. The second-order valence-corrected chi connectivity index (χ2v) is 7.15. The van der Waals surface area contributed by atoms with E-state index in [1.807, 2.05) is 24.3 Å². The van der Waals surface area contributed by atoms with Crippen molar-refractivity contribution in [2.24, 2.45) is 0 Å². The standard InChI is InChI=1S/C20H23NO2S/c1-2-3-4-5-6-9-12-23-18-13-16-20(14-17(18)22)24-19-11-8-7-10-15(19)21-16/h7-8,10-11,13-14H,2-6,9,12H2,1H3. The lowest BCUT2D eigenvalue weighted by molar-refractivity contribution is 0.302. The van der Waals surface area contributed by atoms with Crippen LogP contribution in [0.3, 0.4) is 0 Å². The lowest BCUT2D eigenvalue weighted by atomic mass is 10.1. The van der Waals surface area contributed by atoms with Crippen molar-refractivity contribution in [1.29, 1.82) is 0 Å². The van der Waals surface area contributed by atoms with Crippen LogP contribution in [0.2, 0.25) is 0 Å². The molecule has 1 aromatic carbocycles. The quantitative estimate of drug-likeness (QED) is 0.401. The average molecular weight is 341 g/mol. The highest BCUT2D eigenvalue weighted by Gasteiger charge is 2.12. The molecule has 24 heavy (non-hydrogen) atoms. The van der Waals surface area contributed by atoms with Gasteiger partial charge in [0.1, 0.15) is 0 Å². The van der Waals surface area contributed by atoms with Gasteiger partial charge in [-0.1, -0.05) is 51.2 Å². The van der Waals surface area contributed by atoms with Gasteiger partial charge in [-0.15, -0.1) is 11.3 Å². The summed E-state index contributed by atoms with van der Waals surface area (Å²) >= 11 is 1.60. The summed E-state index contributed by atoms with van der Waals surface area (Å²) < 4.78 is 6.80. The van der Waals surface area contributed by atoms with Crippen molar-refractivity contribution in [2.75, 3.05) is 6.61 Å². The van der Waals surface area contributed by atoms with E-state index in [9.17, 15) is 4.79 Å². The molecule has 1 heterocycles. The number of rotatable bonds is 8. The Bertz CT molecular complexity index is 827. The molecule has 0 unspecified atom stereocenters. The fourth-order valence-corrected chi connectivity index (χ4v) is 3.74. The first-order valence-corrected chi connectivity index (χ1v) is 9.56. The van der Waals surface area contributed by atoms with Gasteiger partial charge in [-0.05, 0) is 18.6 Å². The highest BCUT2D eigenvalue weighted by Crippen LogP contribution is 2.31. The predicted molar refractivity (Wildman–Crippen MR) is 101 cm³/mol. The van der Waals surface area contributed by atoms with Crippen LogP contribution in [-0.2, 0) is 0 Å². The van der Waals surface area contributed by atoms with Gasteiger partial charge in [-0.3, -0.25) is 4.79 Å². The van der Waals surface area contributed by atoms with Gasteiger partial charge in [-0.25, -0.2) is 4.98 Å². The zero-order valence-electron chi connectivity index (χ0n) is 14.1. The topological polar surface area (TPSA) is 39.2 Å². The van der Waals surface area contributed by atoms with Crippen LogP contribution in [0, 0.1) is 0 Å². The smallest absolute Gasteiger partial charge is 0.221 e. The Morgan fingerprint density at radius 1 is 1.04 bits per heavy atom. The van der Waals surface area contributed by atoms with Crippen molar-refractivity contribution in [2.45, 2.75) is 45.4 Å². The Morgan fingerprint density at radius 3 is 2.71 bits per heavy atom. The molecule has 126 valence electrons. The maximum atomic E-state index is 12.2. The van der Waals surface area contributed by atoms with Crippen LogP contribution in [0.25, 0.3) is 20.8 Å². The first kappa shape index (κ1) is 16.9. The van der Waals surface area contributed by atoms with Gasteiger partial charge in [0, 0.05) is 12.1 Å². The highest BCUT2D eigenvalue weighted by atomic mass is 32.1. The van der Waals surface area contributed by atoms with Gasteiger partial charge in [0.15, 0.2) is 5.75 Å². The van der Waals surface area contributed by atoms with Crippen LogP contribution in [0.5, 0.6) is 5.75 Å². The number of fused-ring (bicyclic) bond motifs is 2. The van der Waals surface area contributed by atoms with Crippen molar-refractivity contribution in [3.63, 3.8) is 0 Å². The molecule has 0 saturated heterocycles. The third-order valence-corrected chi connectivity index (χ3v) is 5.22. The van der Waals surface area contributed by atoms with Gasteiger partial charge in [0.2, 0.25) is 5.43 Å². The van der Waals surface area contributed by atoms with E-state index in [2.05, 4.69) is 11.9 Å². The molecule has 1 aliphatic carbocycles. The Morgan fingerprint density at radius 2 is 1.83 bits per heavy atom. The molecule has 0 fully saturated rings. The summed E-state index contributed by atoms with van der Waals surface area (Å²) in [5, 5.41) is 0. The van der Waals surface area contributed by atoms with Gasteiger partial charge >= 0.3 is 0 Å². The van der Waals surface area contributed by atoms with Crippen LogP contribution >= 0.6 is 11.3 Å². The molecule has 0 saturated carbocycles. The summed E-state index contributed by atoms with van der Waals surface area (Å²) in [5.74, 6) is 0.422. The number of aromatic nitrogens is 1. The van der Waals surface area contributed by atoms with E-state index in [0.29, 0.717) is 12.4 Å². The SMILES string of the molecule is CCCCCCCCOc1cc2nc3ccccc3sc-2cc1=O. The summed E-state index contributed by atoms with van der Waals surface area (Å²) in [4.78, 5) is 17.8. The van der Waals surface area contributed by atoms with Gasteiger partial charge < -0.3 is 4.74 Å². The Labute approximate surface area is 146 Å².